The zero-order chi connectivity index (χ0) is 11.6. The van der Waals surface area contributed by atoms with Gasteiger partial charge in [0.1, 0.15) is 0 Å². The zero-order valence-corrected chi connectivity index (χ0v) is 8.01. The van der Waals surface area contributed by atoms with E-state index in [1.54, 1.807) is 6.92 Å². The smallest absolute Gasteiger partial charge is 0.504 e. The van der Waals surface area contributed by atoms with Gasteiger partial charge in [-0.2, -0.15) is 0 Å². The lowest BCUT2D eigenvalue weighted by molar-refractivity contribution is -0.275. The molecule has 0 aliphatic heterocycles. The van der Waals surface area contributed by atoms with Crippen LogP contribution in [0.2, 0.25) is 0 Å². The normalized spacial score (nSPS) is 11.9. The molecular formula is C10H10F3O2. The van der Waals surface area contributed by atoms with Crippen molar-refractivity contribution in [3.63, 3.8) is 0 Å². The van der Waals surface area contributed by atoms with Crippen molar-refractivity contribution in [1.29, 1.82) is 0 Å². The van der Waals surface area contributed by atoms with Crippen molar-refractivity contribution in [2.75, 3.05) is 0 Å². The van der Waals surface area contributed by atoms with Gasteiger partial charge in [0.25, 0.3) is 0 Å². The van der Waals surface area contributed by atoms with E-state index in [9.17, 15) is 18.3 Å². The lowest BCUT2D eigenvalue weighted by atomic mass is 10.0. The van der Waals surface area contributed by atoms with Gasteiger partial charge in [0, 0.05) is 5.56 Å². The number of benzene rings is 1. The van der Waals surface area contributed by atoms with Gasteiger partial charge in [-0.3, -0.25) is 0 Å². The van der Waals surface area contributed by atoms with Crippen LogP contribution in [-0.4, -0.2) is 11.5 Å². The van der Waals surface area contributed by atoms with Crippen molar-refractivity contribution >= 4 is 0 Å². The van der Waals surface area contributed by atoms with Crippen LogP contribution < -0.4 is 4.74 Å². The first-order valence-corrected chi connectivity index (χ1v) is 4.22. The van der Waals surface area contributed by atoms with Gasteiger partial charge in [-0.05, 0) is 18.9 Å². The highest BCUT2D eigenvalue weighted by Crippen LogP contribution is 2.37. The molecule has 0 spiro atoms. The van der Waals surface area contributed by atoms with Gasteiger partial charge in [0.05, 0.1) is 0 Å². The molecule has 1 radical (unpaired) electrons. The molecule has 83 valence electrons. The van der Waals surface area contributed by atoms with Crippen molar-refractivity contribution < 1.29 is 23.0 Å². The molecule has 0 aliphatic carbocycles. The molecule has 1 N–H and O–H groups in total. The first-order valence-electron chi connectivity index (χ1n) is 4.22. The Bertz CT molecular complexity index is 345. The minimum atomic E-state index is -4.82. The van der Waals surface area contributed by atoms with Gasteiger partial charge in [-0.15, -0.1) is 13.2 Å². The van der Waals surface area contributed by atoms with Crippen LogP contribution >= 0.6 is 0 Å². The Morgan fingerprint density at radius 2 is 2.00 bits per heavy atom. The maximum Gasteiger partial charge on any atom is 0.573 e. The van der Waals surface area contributed by atoms with E-state index in [1.807, 2.05) is 0 Å². The van der Waals surface area contributed by atoms with E-state index in [1.165, 1.54) is 12.1 Å². The standard InChI is InChI=1S/C10H10F3O2/c1-6(2)7-4-3-5-8(14)9(7)15-10(11,12)13/h3-6,14H,1H2,2H3. The lowest BCUT2D eigenvalue weighted by Crippen LogP contribution is -2.18. The molecule has 0 bridgehead atoms. The maximum absolute atomic E-state index is 12.0. The summed E-state index contributed by atoms with van der Waals surface area (Å²) < 4.78 is 39.8. The van der Waals surface area contributed by atoms with Crippen LogP contribution in [0.4, 0.5) is 13.2 Å². The van der Waals surface area contributed by atoms with E-state index in [2.05, 4.69) is 11.7 Å². The van der Waals surface area contributed by atoms with E-state index in [0.717, 1.165) is 6.07 Å². The third kappa shape index (κ3) is 3.04. The number of ether oxygens (including phenoxy) is 1. The van der Waals surface area contributed by atoms with Crippen LogP contribution in [-0.2, 0) is 0 Å². The number of halogens is 3. The fraction of sp³-hybridized carbons (Fsp3) is 0.300. The van der Waals surface area contributed by atoms with Crippen LogP contribution in [0, 0.1) is 6.92 Å². The Morgan fingerprint density at radius 3 is 2.47 bits per heavy atom. The van der Waals surface area contributed by atoms with Crippen molar-refractivity contribution in [2.45, 2.75) is 19.2 Å². The van der Waals surface area contributed by atoms with E-state index in [-0.39, 0.29) is 5.56 Å². The van der Waals surface area contributed by atoms with Crippen LogP contribution in [0.5, 0.6) is 11.5 Å². The SMILES string of the molecule is [CH2]C(C)c1cccc(O)c1OC(F)(F)F. The second-order valence-corrected chi connectivity index (χ2v) is 3.14. The summed E-state index contributed by atoms with van der Waals surface area (Å²) in [5.41, 5.74) is 0.215. The van der Waals surface area contributed by atoms with Crippen molar-refractivity contribution in [3.05, 3.63) is 30.7 Å². The Labute approximate surface area is 85.3 Å². The summed E-state index contributed by atoms with van der Waals surface area (Å²) in [5.74, 6) is -1.53. The topological polar surface area (TPSA) is 29.5 Å². The molecule has 1 aromatic carbocycles. The number of phenolic OH excluding ortho intramolecular Hbond substituents is 1. The third-order valence-corrected chi connectivity index (χ3v) is 1.77. The summed E-state index contributed by atoms with van der Waals surface area (Å²) in [5, 5.41) is 9.25. The van der Waals surface area contributed by atoms with Gasteiger partial charge >= 0.3 is 6.36 Å². The molecule has 1 aromatic rings. The molecule has 1 rings (SSSR count). The summed E-state index contributed by atoms with van der Waals surface area (Å²) in [7, 11) is 0. The first kappa shape index (κ1) is 11.7. The molecule has 2 nitrogen and oxygen atoms in total. The summed E-state index contributed by atoms with van der Waals surface area (Å²) in [6, 6.07) is 4.00. The molecule has 1 atom stereocenters. The summed E-state index contributed by atoms with van der Waals surface area (Å²) in [4.78, 5) is 0. The fourth-order valence-corrected chi connectivity index (χ4v) is 1.16. The minimum absolute atomic E-state index is 0.215. The highest BCUT2D eigenvalue weighted by Gasteiger charge is 2.33. The van der Waals surface area contributed by atoms with Gasteiger partial charge in [0.2, 0.25) is 0 Å². The van der Waals surface area contributed by atoms with E-state index < -0.39 is 23.8 Å². The monoisotopic (exact) mass is 219 g/mol. The molecular weight excluding hydrogens is 209 g/mol. The summed E-state index contributed by atoms with van der Waals surface area (Å²) in [6.45, 7) is 5.19. The van der Waals surface area contributed by atoms with E-state index in [4.69, 9.17) is 0 Å². The Kier molecular flexibility index (Phi) is 3.12. The molecule has 1 unspecified atom stereocenters. The average molecular weight is 219 g/mol. The molecule has 0 amide bonds. The predicted octanol–water partition coefficient (Wildman–Crippen LogP) is 3.23. The summed E-state index contributed by atoms with van der Waals surface area (Å²) in [6.07, 6.45) is -4.82. The largest absolute Gasteiger partial charge is 0.573 e. The Morgan fingerprint density at radius 1 is 1.40 bits per heavy atom. The second kappa shape index (κ2) is 4.00. The quantitative estimate of drug-likeness (QED) is 0.827. The Balaban J connectivity index is 3.14. The van der Waals surface area contributed by atoms with Crippen LogP contribution in [0.1, 0.15) is 18.4 Å². The first-order chi connectivity index (χ1) is 6.81. The van der Waals surface area contributed by atoms with Gasteiger partial charge in [-0.1, -0.05) is 19.1 Å². The number of alkyl halides is 3. The zero-order valence-electron chi connectivity index (χ0n) is 8.01. The van der Waals surface area contributed by atoms with Crippen molar-refractivity contribution in [3.8, 4) is 11.5 Å². The lowest BCUT2D eigenvalue weighted by Gasteiger charge is -2.16. The fourth-order valence-electron chi connectivity index (χ4n) is 1.16. The minimum Gasteiger partial charge on any atom is -0.504 e. The molecule has 0 saturated heterocycles. The third-order valence-electron chi connectivity index (χ3n) is 1.77. The highest BCUT2D eigenvalue weighted by molar-refractivity contribution is 5.47. The van der Waals surface area contributed by atoms with Crippen LogP contribution in [0.15, 0.2) is 18.2 Å². The molecule has 15 heavy (non-hydrogen) atoms. The van der Waals surface area contributed by atoms with Gasteiger partial charge in [-0.25, -0.2) is 0 Å². The van der Waals surface area contributed by atoms with Gasteiger partial charge in [0.15, 0.2) is 11.5 Å². The van der Waals surface area contributed by atoms with Crippen LogP contribution in [0.25, 0.3) is 0 Å². The number of hydrogen-bond donors (Lipinski definition) is 1. The molecule has 0 aromatic heterocycles. The Hall–Kier alpha value is -1.39. The second-order valence-electron chi connectivity index (χ2n) is 3.14. The van der Waals surface area contributed by atoms with Crippen molar-refractivity contribution in [2.24, 2.45) is 0 Å². The highest BCUT2D eigenvalue weighted by atomic mass is 19.4. The average Bonchev–Trinajstić information content (AvgIpc) is 2.05. The number of rotatable bonds is 2. The number of para-hydroxylation sites is 1. The van der Waals surface area contributed by atoms with E-state index >= 15 is 0 Å². The van der Waals surface area contributed by atoms with E-state index in [0.29, 0.717) is 0 Å². The van der Waals surface area contributed by atoms with Crippen molar-refractivity contribution in [1.82, 2.24) is 0 Å². The maximum atomic E-state index is 12.0. The molecule has 0 heterocycles. The number of hydrogen-bond acceptors (Lipinski definition) is 2. The summed E-state index contributed by atoms with van der Waals surface area (Å²) >= 11 is 0. The molecule has 0 aliphatic rings. The van der Waals surface area contributed by atoms with Gasteiger partial charge < -0.3 is 9.84 Å². The molecule has 0 fully saturated rings. The number of aromatic hydroxyl groups is 1. The predicted molar refractivity (Wildman–Crippen MR) is 48.6 cm³/mol. The molecule has 0 saturated carbocycles. The number of phenols is 1. The van der Waals surface area contributed by atoms with Crippen LogP contribution in [0.3, 0.4) is 0 Å². The molecule has 5 heteroatoms.